The molecule has 0 spiro atoms. The summed E-state index contributed by atoms with van der Waals surface area (Å²) in [4.78, 5) is 2.54. The first kappa shape index (κ1) is 12.9. The number of piperidine rings is 1. The first-order valence-corrected chi connectivity index (χ1v) is 7.70. The molecule has 3 nitrogen and oxygen atoms in total. The third-order valence-corrected chi connectivity index (χ3v) is 4.36. The molecule has 3 heteroatoms. The SMILES string of the molecule is c1ccc2c(c1)CCN2CCCNC1CCNCC1. The van der Waals surface area contributed by atoms with Gasteiger partial charge >= 0.3 is 0 Å². The summed E-state index contributed by atoms with van der Waals surface area (Å²) >= 11 is 0. The lowest BCUT2D eigenvalue weighted by atomic mass is 10.1. The number of anilines is 1. The van der Waals surface area contributed by atoms with Gasteiger partial charge in [0.1, 0.15) is 0 Å². The monoisotopic (exact) mass is 259 g/mol. The van der Waals surface area contributed by atoms with Gasteiger partial charge in [0.05, 0.1) is 0 Å². The van der Waals surface area contributed by atoms with Gasteiger partial charge in [-0.1, -0.05) is 18.2 Å². The molecule has 2 N–H and O–H groups in total. The molecule has 0 amide bonds. The Bertz CT molecular complexity index is 399. The van der Waals surface area contributed by atoms with Gasteiger partial charge in [-0.05, 0) is 56.9 Å². The number of nitrogens with one attached hydrogen (secondary N) is 2. The first-order chi connectivity index (χ1) is 9.43. The Balaban J connectivity index is 1.39. The standard InChI is InChI=1S/C16H25N3/c1-2-5-16-14(4-1)8-13-19(16)12-3-9-18-15-6-10-17-11-7-15/h1-2,4-5,15,17-18H,3,6-13H2. The van der Waals surface area contributed by atoms with Gasteiger partial charge in [0.15, 0.2) is 0 Å². The van der Waals surface area contributed by atoms with Crippen LogP contribution in [0, 0.1) is 0 Å². The van der Waals surface area contributed by atoms with Crippen molar-refractivity contribution >= 4 is 5.69 Å². The molecule has 0 radical (unpaired) electrons. The second kappa shape index (κ2) is 6.40. The molecule has 0 bridgehead atoms. The van der Waals surface area contributed by atoms with Gasteiger partial charge in [-0.3, -0.25) is 0 Å². The van der Waals surface area contributed by atoms with Gasteiger partial charge < -0.3 is 15.5 Å². The summed E-state index contributed by atoms with van der Waals surface area (Å²) in [5, 5.41) is 7.12. The second-order valence-electron chi connectivity index (χ2n) is 5.70. The lowest BCUT2D eigenvalue weighted by Gasteiger charge is -2.25. The van der Waals surface area contributed by atoms with E-state index in [2.05, 4.69) is 39.8 Å². The van der Waals surface area contributed by atoms with E-state index < -0.39 is 0 Å². The van der Waals surface area contributed by atoms with E-state index in [1.54, 1.807) is 0 Å². The Labute approximate surface area is 116 Å². The highest BCUT2D eigenvalue weighted by atomic mass is 15.1. The third-order valence-electron chi connectivity index (χ3n) is 4.36. The minimum Gasteiger partial charge on any atom is -0.371 e. The molecule has 2 aliphatic heterocycles. The normalized spacial score (nSPS) is 19.7. The summed E-state index contributed by atoms with van der Waals surface area (Å²) in [5.74, 6) is 0. The molecule has 0 aliphatic carbocycles. The fourth-order valence-corrected chi connectivity index (χ4v) is 3.24. The maximum Gasteiger partial charge on any atom is 0.0399 e. The summed E-state index contributed by atoms with van der Waals surface area (Å²) in [6, 6.07) is 9.59. The highest BCUT2D eigenvalue weighted by molar-refractivity contribution is 5.57. The zero-order valence-electron chi connectivity index (χ0n) is 11.7. The summed E-state index contributed by atoms with van der Waals surface area (Å²) < 4.78 is 0. The summed E-state index contributed by atoms with van der Waals surface area (Å²) in [7, 11) is 0. The molecule has 3 rings (SSSR count). The number of benzene rings is 1. The van der Waals surface area contributed by atoms with Gasteiger partial charge in [-0.2, -0.15) is 0 Å². The van der Waals surface area contributed by atoms with Crippen molar-refractivity contribution in [3.63, 3.8) is 0 Å². The van der Waals surface area contributed by atoms with Crippen LogP contribution in [0.4, 0.5) is 5.69 Å². The Kier molecular flexibility index (Phi) is 4.36. The van der Waals surface area contributed by atoms with Crippen LogP contribution in [0.2, 0.25) is 0 Å². The maximum atomic E-state index is 3.70. The molecule has 1 saturated heterocycles. The Morgan fingerprint density at radius 1 is 1.21 bits per heavy atom. The molecule has 0 atom stereocenters. The predicted octanol–water partition coefficient (Wildman–Crippen LogP) is 1.78. The van der Waals surface area contributed by atoms with Crippen LogP contribution in [0.1, 0.15) is 24.8 Å². The lowest BCUT2D eigenvalue weighted by molar-refractivity contribution is 0.386. The summed E-state index contributed by atoms with van der Waals surface area (Å²) in [6.45, 7) is 5.90. The van der Waals surface area contributed by atoms with Crippen LogP contribution in [0.25, 0.3) is 0 Å². The van der Waals surface area contributed by atoms with E-state index in [0.29, 0.717) is 0 Å². The number of hydrogen-bond donors (Lipinski definition) is 2. The molecule has 0 unspecified atom stereocenters. The number of nitrogens with zero attached hydrogens (tertiary/aromatic N) is 1. The van der Waals surface area contributed by atoms with Crippen LogP contribution in [0.15, 0.2) is 24.3 Å². The van der Waals surface area contributed by atoms with Crippen molar-refractivity contribution < 1.29 is 0 Å². The first-order valence-electron chi connectivity index (χ1n) is 7.70. The van der Waals surface area contributed by atoms with Crippen molar-refractivity contribution in [1.82, 2.24) is 10.6 Å². The molecule has 0 aromatic heterocycles. The van der Waals surface area contributed by atoms with E-state index in [0.717, 1.165) is 12.6 Å². The zero-order valence-corrected chi connectivity index (χ0v) is 11.7. The maximum absolute atomic E-state index is 3.70. The van der Waals surface area contributed by atoms with Crippen LogP contribution in [0.5, 0.6) is 0 Å². The Morgan fingerprint density at radius 2 is 2.05 bits per heavy atom. The topological polar surface area (TPSA) is 27.3 Å². The van der Waals surface area contributed by atoms with Gasteiger partial charge in [0.2, 0.25) is 0 Å². The zero-order chi connectivity index (χ0) is 12.9. The minimum atomic E-state index is 0.743. The van der Waals surface area contributed by atoms with E-state index in [-0.39, 0.29) is 0 Å². The van der Waals surface area contributed by atoms with Crippen LogP contribution in [0.3, 0.4) is 0 Å². The highest BCUT2D eigenvalue weighted by Gasteiger charge is 2.17. The van der Waals surface area contributed by atoms with Gasteiger partial charge in [0.25, 0.3) is 0 Å². The largest absolute Gasteiger partial charge is 0.371 e. The Morgan fingerprint density at radius 3 is 2.95 bits per heavy atom. The molecule has 2 heterocycles. The smallest absolute Gasteiger partial charge is 0.0399 e. The van der Waals surface area contributed by atoms with E-state index in [4.69, 9.17) is 0 Å². The van der Waals surface area contributed by atoms with Gasteiger partial charge in [0, 0.05) is 24.8 Å². The third kappa shape index (κ3) is 3.28. The fraction of sp³-hybridized carbons (Fsp3) is 0.625. The van der Waals surface area contributed by atoms with Crippen LogP contribution in [-0.2, 0) is 6.42 Å². The molecule has 1 aromatic rings. The molecule has 0 saturated carbocycles. The van der Waals surface area contributed by atoms with E-state index in [9.17, 15) is 0 Å². The van der Waals surface area contributed by atoms with Crippen LogP contribution < -0.4 is 15.5 Å². The molecule has 2 aliphatic rings. The van der Waals surface area contributed by atoms with Crippen LogP contribution >= 0.6 is 0 Å². The minimum absolute atomic E-state index is 0.743. The number of hydrogen-bond acceptors (Lipinski definition) is 3. The van der Waals surface area contributed by atoms with Crippen LogP contribution in [-0.4, -0.2) is 38.8 Å². The predicted molar refractivity (Wildman–Crippen MR) is 80.9 cm³/mol. The van der Waals surface area contributed by atoms with E-state index in [1.807, 2.05) is 0 Å². The molecule has 1 fully saturated rings. The average Bonchev–Trinajstić information content (AvgIpc) is 2.88. The molecular weight excluding hydrogens is 234 g/mol. The van der Waals surface area contributed by atoms with Crippen molar-refractivity contribution in [2.24, 2.45) is 0 Å². The molecule has 104 valence electrons. The van der Waals surface area contributed by atoms with Crippen molar-refractivity contribution in [3.8, 4) is 0 Å². The van der Waals surface area contributed by atoms with Crippen molar-refractivity contribution in [2.45, 2.75) is 31.7 Å². The van der Waals surface area contributed by atoms with Crippen molar-refractivity contribution in [2.75, 3.05) is 37.6 Å². The summed E-state index contributed by atoms with van der Waals surface area (Å²) in [6.07, 6.45) is 5.04. The highest BCUT2D eigenvalue weighted by Crippen LogP contribution is 2.27. The second-order valence-corrected chi connectivity index (χ2v) is 5.70. The fourth-order valence-electron chi connectivity index (χ4n) is 3.24. The quantitative estimate of drug-likeness (QED) is 0.789. The average molecular weight is 259 g/mol. The van der Waals surface area contributed by atoms with E-state index >= 15 is 0 Å². The lowest BCUT2D eigenvalue weighted by Crippen LogP contribution is -2.40. The van der Waals surface area contributed by atoms with Crippen molar-refractivity contribution in [1.29, 1.82) is 0 Å². The number of rotatable bonds is 5. The van der Waals surface area contributed by atoms with Gasteiger partial charge in [-0.15, -0.1) is 0 Å². The number of fused-ring (bicyclic) bond motifs is 1. The van der Waals surface area contributed by atoms with E-state index in [1.165, 1.54) is 63.1 Å². The van der Waals surface area contributed by atoms with Crippen molar-refractivity contribution in [3.05, 3.63) is 29.8 Å². The molecular formula is C16H25N3. The molecule has 19 heavy (non-hydrogen) atoms. The van der Waals surface area contributed by atoms with Gasteiger partial charge in [-0.25, -0.2) is 0 Å². The molecule has 1 aromatic carbocycles. The number of para-hydroxylation sites is 1. The Hall–Kier alpha value is -1.06. The summed E-state index contributed by atoms with van der Waals surface area (Å²) in [5.41, 5.74) is 2.98.